The van der Waals surface area contributed by atoms with E-state index in [-0.39, 0.29) is 11.6 Å². The van der Waals surface area contributed by atoms with Gasteiger partial charge in [-0.3, -0.25) is 4.79 Å². The van der Waals surface area contributed by atoms with E-state index < -0.39 is 5.82 Å². The standard InChI is InChI=1S/C17H13FN4O/c18-15-10-14(7-8-16(15)22-12-19-11-20-22)21-17(23)9-6-13-4-2-1-3-5-13/h1-12H,(H,21,23). The summed E-state index contributed by atoms with van der Waals surface area (Å²) < 4.78 is 15.4. The van der Waals surface area contributed by atoms with Crippen LogP contribution in [0.2, 0.25) is 0 Å². The molecule has 3 rings (SSSR count). The van der Waals surface area contributed by atoms with E-state index in [1.807, 2.05) is 30.3 Å². The summed E-state index contributed by atoms with van der Waals surface area (Å²) in [7, 11) is 0. The first kappa shape index (κ1) is 14.6. The highest BCUT2D eigenvalue weighted by Gasteiger charge is 2.07. The van der Waals surface area contributed by atoms with E-state index in [1.165, 1.54) is 35.5 Å². The van der Waals surface area contributed by atoms with Crippen LogP contribution in [0, 0.1) is 5.82 Å². The van der Waals surface area contributed by atoms with Crippen LogP contribution in [0.5, 0.6) is 0 Å². The maximum Gasteiger partial charge on any atom is 0.248 e. The van der Waals surface area contributed by atoms with Gasteiger partial charge in [-0.1, -0.05) is 30.3 Å². The Hall–Kier alpha value is -3.28. The van der Waals surface area contributed by atoms with Crippen LogP contribution >= 0.6 is 0 Å². The molecular weight excluding hydrogens is 295 g/mol. The summed E-state index contributed by atoms with van der Waals surface area (Å²) in [6.07, 6.45) is 5.82. The van der Waals surface area contributed by atoms with E-state index in [0.29, 0.717) is 5.69 Å². The molecule has 0 bridgehead atoms. The summed E-state index contributed by atoms with van der Waals surface area (Å²) >= 11 is 0. The summed E-state index contributed by atoms with van der Waals surface area (Å²) in [5.74, 6) is -0.831. The van der Waals surface area contributed by atoms with Crippen molar-refractivity contribution in [2.24, 2.45) is 0 Å². The molecule has 6 heteroatoms. The van der Waals surface area contributed by atoms with Gasteiger partial charge in [0.2, 0.25) is 5.91 Å². The zero-order chi connectivity index (χ0) is 16.1. The van der Waals surface area contributed by atoms with Gasteiger partial charge in [-0.2, -0.15) is 5.10 Å². The topological polar surface area (TPSA) is 59.8 Å². The first-order chi connectivity index (χ1) is 11.2. The van der Waals surface area contributed by atoms with Crippen LogP contribution in [-0.2, 0) is 4.79 Å². The summed E-state index contributed by atoms with van der Waals surface area (Å²) in [5, 5.41) is 6.48. The Kier molecular flexibility index (Phi) is 4.24. The number of aromatic nitrogens is 3. The van der Waals surface area contributed by atoms with Gasteiger partial charge < -0.3 is 5.32 Å². The number of rotatable bonds is 4. The summed E-state index contributed by atoms with van der Waals surface area (Å²) in [6, 6.07) is 13.8. The Morgan fingerprint density at radius 2 is 2.00 bits per heavy atom. The largest absolute Gasteiger partial charge is 0.322 e. The number of amides is 1. The van der Waals surface area contributed by atoms with E-state index in [0.717, 1.165) is 5.56 Å². The smallest absolute Gasteiger partial charge is 0.248 e. The summed E-state index contributed by atoms with van der Waals surface area (Å²) in [6.45, 7) is 0. The number of hydrogen-bond acceptors (Lipinski definition) is 3. The van der Waals surface area contributed by atoms with Crippen LogP contribution in [0.25, 0.3) is 11.8 Å². The molecule has 3 aromatic rings. The lowest BCUT2D eigenvalue weighted by Gasteiger charge is -2.06. The van der Waals surface area contributed by atoms with Gasteiger partial charge in [-0.05, 0) is 29.8 Å². The fraction of sp³-hybridized carbons (Fsp3) is 0. The molecule has 0 atom stereocenters. The number of anilines is 1. The molecule has 5 nitrogen and oxygen atoms in total. The molecule has 0 saturated carbocycles. The van der Waals surface area contributed by atoms with Crippen molar-refractivity contribution in [1.29, 1.82) is 0 Å². The normalized spacial score (nSPS) is 10.8. The predicted octanol–water partition coefficient (Wildman–Crippen LogP) is 3.06. The minimum absolute atomic E-state index is 0.264. The molecule has 23 heavy (non-hydrogen) atoms. The highest BCUT2D eigenvalue weighted by atomic mass is 19.1. The Bertz CT molecular complexity index is 829. The Labute approximate surface area is 132 Å². The van der Waals surface area contributed by atoms with Crippen LogP contribution in [0.1, 0.15) is 5.56 Å². The van der Waals surface area contributed by atoms with E-state index in [2.05, 4.69) is 15.4 Å². The third-order valence-corrected chi connectivity index (χ3v) is 3.11. The molecule has 0 saturated heterocycles. The molecule has 0 aliphatic rings. The molecule has 1 heterocycles. The van der Waals surface area contributed by atoms with E-state index in [4.69, 9.17) is 0 Å². The quantitative estimate of drug-likeness (QED) is 0.754. The number of benzene rings is 2. The number of halogens is 1. The van der Waals surface area contributed by atoms with Gasteiger partial charge in [0.25, 0.3) is 0 Å². The maximum atomic E-state index is 14.1. The molecule has 0 aliphatic carbocycles. The van der Waals surface area contributed by atoms with Crippen LogP contribution < -0.4 is 5.32 Å². The number of nitrogens with zero attached hydrogens (tertiary/aromatic N) is 3. The summed E-state index contributed by atoms with van der Waals surface area (Å²) in [5.41, 5.74) is 1.55. The molecule has 0 aliphatic heterocycles. The van der Waals surface area contributed by atoms with Crippen molar-refractivity contribution < 1.29 is 9.18 Å². The second kappa shape index (κ2) is 6.65. The molecule has 0 radical (unpaired) electrons. The van der Waals surface area contributed by atoms with Crippen molar-refractivity contribution in [3.63, 3.8) is 0 Å². The van der Waals surface area contributed by atoms with Gasteiger partial charge in [0, 0.05) is 11.8 Å². The van der Waals surface area contributed by atoms with E-state index >= 15 is 0 Å². The van der Waals surface area contributed by atoms with Crippen LogP contribution in [0.15, 0.2) is 67.3 Å². The monoisotopic (exact) mass is 308 g/mol. The van der Waals surface area contributed by atoms with Gasteiger partial charge in [0.15, 0.2) is 5.82 Å². The molecule has 2 aromatic carbocycles. The maximum absolute atomic E-state index is 14.1. The Balaban J connectivity index is 1.70. The Morgan fingerprint density at radius 1 is 1.17 bits per heavy atom. The number of nitrogens with one attached hydrogen (secondary N) is 1. The second-order valence-electron chi connectivity index (χ2n) is 4.74. The molecule has 0 unspecified atom stereocenters. The van der Waals surface area contributed by atoms with Crippen molar-refractivity contribution in [1.82, 2.24) is 14.8 Å². The number of carbonyl (C=O) groups is 1. The van der Waals surface area contributed by atoms with Crippen molar-refractivity contribution in [3.05, 3.63) is 78.6 Å². The molecule has 0 spiro atoms. The molecule has 0 fully saturated rings. The number of hydrogen-bond donors (Lipinski definition) is 1. The van der Waals surface area contributed by atoms with Crippen molar-refractivity contribution in [2.75, 3.05) is 5.32 Å². The van der Waals surface area contributed by atoms with Crippen LogP contribution in [-0.4, -0.2) is 20.7 Å². The van der Waals surface area contributed by atoms with Crippen LogP contribution in [0.4, 0.5) is 10.1 Å². The molecular formula is C17H13FN4O. The number of carbonyl (C=O) groups excluding carboxylic acids is 1. The first-order valence-electron chi connectivity index (χ1n) is 6.91. The highest BCUT2D eigenvalue weighted by molar-refractivity contribution is 6.01. The minimum Gasteiger partial charge on any atom is -0.322 e. The molecule has 1 aromatic heterocycles. The zero-order valence-electron chi connectivity index (χ0n) is 12.1. The van der Waals surface area contributed by atoms with Gasteiger partial charge in [0.05, 0.1) is 0 Å². The lowest BCUT2D eigenvalue weighted by Crippen LogP contribution is -2.08. The lowest BCUT2D eigenvalue weighted by atomic mass is 10.2. The van der Waals surface area contributed by atoms with Gasteiger partial charge in [0.1, 0.15) is 18.3 Å². The van der Waals surface area contributed by atoms with Gasteiger partial charge in [-0.15, -0.1) is 0 Å². The molecule has 114 valence electrons. The Morgan fingerprint density at radius 3 is 2.70 bits per heavy atom. The van der Waals surface area contributed by atoms with E-state index in [9.17, 15) is 9.18 Å². The predicted molar refractivity (Wildman–Crippen MR) is 85.4 cm³/mol. The SMILES string of the molecule is O=C(C=Cc1ccccc1)Nc1ccc(-n2cncn2)c(F)c1. The zero-order valence-corrected chi connectivity index (χ0v) is 12.1. The van der Waals surface area contributed by atoms with Crippen molar-refractivity contribution in [3.8, 4) is 5.69 Å². The van der Waals surface area contributed by atoms with Crippen molar-refractivity contribution >= 4 is 17.7 Å². The van der Waals surface area contributed by atoms with Gasteiger partial charge in [-0.25, -0.2) is 14.1 Å². The average molecular weight is 308 g/mol. The minimum atomic E-state index is -0.500. The average Bonchev–Trinajstić information content (AvgIpc) is 3.08. The highest BCUT2D eigenvalue weighted by Crippen LogP contribution is 2.17. The molecule has 1 N–H and O–H groups in total. The summed E-state index contributed by atoms with van der Waals surface area (Å²) in [4.78, 5) is 15.6. The van der Waals surface area contributed by atoms with E-state index in [1.54, 1.807) is 12.1 Å². The third kappa shape index (κ3) is 3.68. The fourth-order valence-corrected chi connectivity index (χ4v) is 2.02. The second-order valence-corrected chi connectivity index (χ2v) is 4.74. The van der Waals surface area contributed by atoms with Gasteiger partial charge >= 0.3 is 0 Å². The fourth-order valence-electron chi connectivity index (χ4n) is 2.02. The molecule has 1 amide bonds. The third-order valence-electron chi connectivity index (χ3n) is 3.11. The first-order valence-corrected chi connectivity index (χ1v) is 6.91. The lowest BCUT2D eigenvalue weighted by molar-refractivity contribution is -0.111. The van der Waals surface area contributed by atoms with Crippen LogP contribution in [0.3, 0.4) is 0 Å². The van der Waals surface area contributed by atoms with Crippen molar-refractivity contribution in [2.45, 2.75) is 0 Å².